The molecule has 1 unspecified atom stereocenters. The summed E-state index contributed by atoms with van der Waals surface area (Å²) < 4.78 is 0. The van der Waals surface area contributed by atoms with Gasteiger partial charge in [0.15, 0.2) is 0 Å². The molecule has 0 saturated carbocycles. The lowest BCUT2D eigenvalue weighted by Gasteiger charge is -2.16. The maximum atomic E-state index is 12.4. The number of anilines is 1. The summed E-state index contributed by atoms with van der Waals surface area (Å²) in [5.41, 5.74) is 1.80. The minimum absolute atomic E-state index is 0.0187. The normalized spacial score (nSPS) is 17.0. The van der Waals surface area contributed by atoms with E-state index in [0.717, 1.165) is 12.0 Å². The highest BCUT2D eigenvalue weighted by Crippen LogP contribution is 2.21. The van der Waals surface area contributed by atoms with Crippen LogP contribution < -0.4 is 5.32 Å². The van der Waals surface area contributed by atoms with Crippen LogP contribution in [0.25, 0.3) is 0 Å². The Morgan fingerprint density at radius 3 is 2.28 bits per heavy atom. The first kappa shape index (κ1) is 17.8. The van der Waals surface area contributed by atoms with E-state index in [-0.39, 0.29) is 24.2 Å². The van der Waals surface area contributed by atoms with Crippen LogP contribution in [0.15, 0.2) is 48.5 Å². The van der Waals surface area contributed by atoms with Gasteiger partial charge in [0.2, 0.25) is 11.8 Å². The summed E-state index contributed by atoms with van der Waals surface area (Å²) in [6.45, 7) is 1.05. The summed E-state index contributed by atoms with van der Waals surface area (Å²) in [5, 5.41) is 4.15. The molecular weight excluding hydrogens is 359 g/mol. The molecule has 1 atom stereocenters. The van der Waals surface area contributed by atoms with Gasteiger partial charge in [0.1, 0.15) is 0 Å². The summed E-state index contributed by atoms with van der Waals surface area (Å²) >= 11 is 11.7. The van der Waals surface area contributed by atoms with Gasteiger partial charge < -0.3 is 10.2 Å². The van der Waals surface area contributed by atoms with E-state index < -0.39 is 0 Å². The predicted molar refractivity (Wildman–Crippen MR) is 99.9 cm³/mol. The van der Waals surface area contributed by atoms with Crippen LogP contribution in [0.1, 0.15) is 12.0 Å². The molecule has 0 bridgehead atoms. The highest BCUT2D eigenvalue weighted by molar-refractivity contribution is 6.30. The number of benzene rings is 2. The SMILES string of the molecule is O=C(Nc1ccc(Cl)cc1)C1CC(=O)N(CCc2ccc(Cl)cc2)C1. The van der Waals surface area contributed by atoms with Crippen molar-refractivity contribution in [3.05, 3.63) is 64.1 Å². The molecule has 130 valence electrons. The molecule has 25 heavy (non-hydrogen) atoms. The number of hydrogen-bond donors (Lipinski definition) is 1. The van der Waals surface area contributed by atoms with Crippen LogP contribution in [0.4, 0.5) is 5.69 Å². The Kier molecular flexibility index (Phi) is 5.61. The van der Waals surface area contributed by atoms with Gasteiger partial charge in [-0.2, -0.15) is 0 Å². The number of rotatable bonds is 5. The summed E-state index contributed by atoms with van der Waals surface area (Å²) in [4.78, 5) is 26.3. The highest BCUT2D eigenvalue weighted by atomic mass is 35.5. The lowest BCUT2D eigenvalue weighted by Crippen LogP contribution is -2.30. The quantitative estimate of drug-likeness (QED) is 0.856. The molecule has 2 amide bonds. The Labute approximate surface area is 156 Å². The minimum Gasteiger partial charge on any atom is -0.342 e. The van der Waals surface area contributed by atoms with Crippen molar-refractivity contribution in [2.24, 2.45) is 5.92 Å². The fourth-order valence-corrected chi connectivity index (χ4v) is 3.11. The van der Waals surface area contributed by atoms with Gasteiger partial charge in [0.05, 0.1) is 5.92 Å². The molecule has 1 saturated heterocycles. The molecule has 2 aromatic rings. The molecule has 0 aliphatic carbocycles. The monoisotopic (exact) mass is 376 g/mol. The highest BCUT2D eigenvalue weighted by Gasteiger charge is 2.33. The van der Waals surface area contributed by atoms with Crippen LogP contribution in [0.3, 0.4) is 0 Å². The van der Waals surface area contributed by atoms with Gasteiger partial charge in [-0.05, 0) is 48.4 Å². The van der Waals surface area contributed by atoms with E-state index in [0.29, 0.717) is 28.8 Å². The zero-order chi connectivity index (χ0) is 17.8. The number of nitrogens with one attached hydrogen (secondary N) is 1. The minimum atomic E-state index is -0.326. The standard InChI is InChI=1S/C19H18Cl2N2O2/c20-15-3-1-13(2-4-15)9-10-23-12-14(11-18(23)24)19(25)22-17-7-5-16(21)6-8-17/h1-8,14H,9-12H2,(H,22,25). The van der Waals surface area contributed by atoms with Crippen LogP contribution in [-0.4, -0.2) is 29.8 Å². The number of likely N-dealkylation sites (tertiary alicyclic amines) is 1. The van der Waals surface area contributed by atoms with Crippen molar-refractivity contribution in [3.8, 4) is 0 Å². The lowest BCUT2D eigenvalue weighted by molar-refractivity contribution is -0.128. The van der Waals surface area contributed by atoms with Gasteiger partial charge in [0, 0.05) is 35.2 Å². The number of hydrogen-bond acceptors (Lipinski definition) is 2. The average molecular weight is 377 g/mol. The Bertz CT molecular complexity index is 760. The smallest absolute Gasteiger partial charge is 0.229 e. The Morgan fingerprint density at radius 2 is 1.64 bits per heavy atom. The van der Waals surface area contributed by atoms with Crippen molar-refractivity contribution >= 4 is 40.7 Å². The summed E-state index contributed by atoms with van der Waals surface area (Å²) in [7, 11) is 0. The average Bonchev–Trinajstić information content (AvgIpc) is 2.97. The third kappa shape index (κ3) is 4.74. The molecule has 1 aliphatic rings. The van der Waals surface area contributed by atoms with Crippen molar-refractivity contribution in [1.82, 2.24) is 4.90 Å². The van der Waals surface area contributed by atoms with Crippen LogP contribution in [0.5, 0.6) is 0 Å². The molecular formula is C19H18Cl2N2O2. The van der Waals surface area contributed by atoms with Gasteiger partial charge in [-0.3, -0.25) is 9.59 Å². The summed E-state index contributed by atoms with van der Waals surface area (Å²) in [6, 6.07) is 14.5. The predicted octanol–water partition coefficient (Wildman–Crippen LogP) is 4.02. The zero-order valence-corrected chi connectivity index (χ0v) is 15.1. The van der Waals surface area contributed by atoms with Crippen molar-refractivity contribution in [1.29, 1.82) is 0 Å². The van der Waals surface area contributed by atoms with Gasteiger partial charge in [-0.1, -0.05) is 35.3 Å². The van der Waals surface area contributed by atoms with Crippen molar-refractivity contribution in [2.75, 3.05) is 18.4 Å². The molecule has 0 aromatic heterocycles. The topological polar surface area (TPSA) is 49.4 Å². The number of amides is 2. The van der Waals surface area contributed by atoms with E-state index in [1.807, 2.05) is 24.3 Å². The van der Waals surface area contributed by atoms with Gasteiger partial charge in [0.25, 0.3) is 0 Å². The van der Waals surface area contributed by atoms with E-state index in [2.05, 4.69) is 5.32 Å². The first-order valence-corrected chi connectivity index (χ1v) is 8.85. The first-order valence-electron chi connectivity index (χ1n) is 8.10. The molecule has 3 rings (SSSR count). The van der Waals surface area contributed by atoms with E-state index in [4.69, 9.17) is 23.2 Å². The number of carbonyl (C=O) groups is 2. The molecule has 6 heteroatoms. The maximum absolute atomic E-state index is 12.4. The van der Waals surface area contributed by atoms with Gasteiger partial charge >= 0.3 is 0 Å². The second-order valence-electron chi connectivity index (χ2n) is 6.11. The number of nitrogens with zero attached hydrogens (tertiary/aromatic N) is 1. The van der Waals surface area contributed by atoms with E-state index in [1.165, 1.54) is 0 Å². The fraction of sp³-hybridized carbons (Fsp3) is 0.263. The van der Waals surface area contributed by atoms with E-state index >= 15 is 0 Å². The van der Waals surface area contributed by atoms with E-state index in [1.54, 1.807) is 29.2 Å². The summed E-state index contributed by atoms with van der Waals surface area (Å²) in [5.74, 6) is -0.441. The molecule has 1 fully saturated rings. The van der Waals surface area contributed by atoms with Crippen molar-refractivity contribution in [3.63, 3.8) is 0 Å². The molecule has 1 heterocycles. The molecule has 0 radical (unpaired) electrons. The van der Waals surface area contributed by atoms with Crippen LogP contribution >= 0.6 is 23.2 Å². The molecule has 0 spiro atoms. The number of halogens is 2. The lowest BCUT2D eigenvalue weighted by atomic mass is 10.1. The third-order valence-electron chi connectivity index (χ3n) is 4.28. The Hall–Kier alpha value is -2.04. The van der Waals surface area contributed by atoms with Crippen LogP contribution in [0, 0.1) is 5.92 Å². The zero-order valence-electron chi connectivity index (χ0n) is 13.5. The van der Waals surface area contributed by atoms with Gasteiger partial charge in [-0.25, -0.2) is 0 Å². The Balaban J connectivity index is 1.53. The molecule has 1 aliphatic heterocycles. The van der Waals surface area contributed by atoms with E-state index in [9.17, 15) is 9.59 Å². The summed E-state index contributed by atoms with van der Waals surface area (Å²) in [6.07, 6.45) is 0.995. The van der Waals surface area contributed by atoms with Crippen LogP contribution in [0.2, 0.25) is 10.0 Å². The first-order chi connectivity index (χ1) is 12.0. The molecule has 1 N–H and O–H groups in total. The molecule has 4 nitrogen and oxygen atoms in total. The van der Waals surface area contributed by atoms with Crippen molar-refractivity contribution in [2.45, 2.75) is 12.8 Å². The third-order valence-corrected chi connectivity index (χ3v) is 4.78. The fourth-order valence-electron chi connectivity index (χ4n) is 2.86. The largest absolute Gasteiger partial charge is 0.342 e. The Morgan fingerprint density at radius 1 is 1.04 bits per heavy atom. The maximum Gasteiger partial charge on any atom is 0.229 e. The van der Waals surface area contributed by atoms with Crippen LogP contribution in [-0.2, 0) is 16.0 Å². The molecule has 2 aromatic carbocycles. The second kappa shape index (κ2) is 7.89. The number of carbonyl (C=O) groups excluding carboxylic acids is 2. The van der Waals surface area contributed by atoms with Crippen molar-refractivity contribution < 1.29 is 9.59 Å². The second-order valence-corrected chi connectivity index (χ2v) is 6.99. The van der Waals surface area contributed by atoms with Gasteiger partial charge in [-0.15, -0.1) is 0 Å².